The molecule has 0 aliphatic heterocycles. The Morgan fingerprint density at radius 3 is 2.82 bits per heavy atom. The van der Waals surface area contributed by atoms with E-state index in [9.17, 15) is 0 Å². The summed E-state index contributed by atoms with van der Waals surface area (Å²) >= 11 is 10.9. The third kappa shape index (κ3) is 2.72. The summed E-state index contributed by atoms with van der Waals surface area (Å²) in [5.41, 5.74) is 6.11. The van der Waals surface area contributed by atoms with Crippen molar-refractivity contribution in [1.82, 2.24) is 14.8 Å². The third-order valence-electron chi connectivity index (χ3n) is 1.99. The van der Waals surface area contributed by atoms with Crippen molar-refractivity contribution in [1.29, 1.82) is 0 Å². The highest BCUT2D eigenvalue weighted by molar-refractivity contribution is 7.80. The van der Waals surface area contributed by atoms with Gasteiger partial charge >= 0.3 is 6.01 Å². The number of nitrogens with zero attached hydrogens (tertiary/aromatic N) is 3. The van der Waals surface area contributed by atoms with Gasteiger partial charge in [-0.2, -0.15) is 4.98 Å². The van der Waals surface area contributed by atoms with Crippen LogP contribution in [0.1, 0.15) is 5.56 Å². The standard InChI is InChI=1S/C10H9ClN4OS/c1-15-5-13-10(14-15)16-6-2-3-7(9(12)17)8(11)4-6/h2-5H,1H3,(H2,12,17). The quantitative estimate of drug-likeness (QED) is 0.861. The molecular weight excluding hydrogens is 260 g/mol. The number of aryl methyl sites for hydroxylation is 1. The fraction of sp³-hybridized carbons (Fsp3) is 0.100. The molecule has 1 aromatic carbocycles. The Labute approximate surface area is 108 Å². The largest absolute Gasteiger partial charge is 0.423 e. The molecule has 17 heavy (non-hydrogen) atoms. The van der Waals surface area contributed by atoms with E-state index in [2.05, 4.69) is 10.1 Å². The Morgan fingerprint density at radius 2 is 2.29 bits per heavy atom. The van der Waals surface area contributed by atoms with Crippen LogP contribution >= 0.6 is 23.8 Å². The highest BCUT2D eigenvalue weighted by Gasteiger charge is 2.07. The predicted octanol–water partition coefficient (Wildman–Crippen LogP) is 1.89. The van der Waals surface area contributed by atoms with Crippen molar-refractivity contribution in [2.24, 2.45) is 12.8 Å². The molecule has 5 nitrogen and oxygen atoms in total. The molecule has 2 N–H and O–H groups in total. The molecule has 0 radical (unpaired) electrons. The molecule has 0 fully saturated rings. The number of halogens is 1. The molecule has 0 amide bonds. The monoisotopic (exact) mass is 268 g/mol. The molecule has 0 saturated heterocycles. The Kier molecular flexibility index (Phi) is 3.26. The van der Waals surface area contributed by atoms with Crippen LogP contribution in [0.4, 0.5) is 0 Å². The highest BCUT2D eigenvalue weighted by Crippen LogP contribution is 2.25. The third-order valence-corrected chi connectivity index (χ3v) is 2.53. The Hall–Kier alpha value is -1.66. The minimum absolute atomic E-state index is 0.248. The van der Waals surface area contributed by atoms with E-state index in [4.69, 9.17) is 34.3 Å². The summed E-state index contributed by atoms with van der Waals surface area (Å²) in [6, 6.07) is 5.28. The molecule has 88 valence electrons. The van der Waals surface area contributed by atoms with Gasteiger partial charge in [0.15, 0.2) is 0 Å². The summed E-state index contributed by atoms with van der Waals surface area (Å²) in [5, 5.41) is 4.42. The molecule has 0 aliphatic carbocycles. The SMILES string of the molecule is Cn1cnc(Oc2ccc(C(N)=S)c(Cl)c2)n1. The van der Waals surface area contributed by atoms with Crippen molar-refractivity contribution >= 4 is 28.8 Å². The van der Waals surface area contributed by atoms with Gasteiger partial charge in [-0.15, -0.1) is 5.10 Å². The second-order valence-corrected chi connectivity index (χ2v) is 4.16. The molecule has 0 saturated carbocycles. The lowest BCUT2D eigenvalue weighted by Crippen LogP contribution is -2.09. The van der Waals surface area contributed by atoms with E-state index in [1.54, 1.807) is 36.3 Å². The van der Waals surface area contributed by atoms with Crippen molar-refractivity contribution in [2.45, 2.75) is 0 Å². The first-order valence-electron chi connectivity index (χ1n) is 4.69. The van der Waals surface area contributed by atoms with Gasteiger partial charge in [0.1, 0.15) is 17.1 Å². The molecule has 2 rings (SSSR count). The first-order chi connectivity index (χ1) is 8.06. The minimum Gasteiger partial charge on any atom is -0.423 e. The summed E-state index contributed by atoms with van der Waals surface area (Å²) in [7, 11) is 1.75. The fourth-order valence-electron chi connectivity index (χ4n) is 1.23. The summed E-state index contributed by atoms with van der Waals surface area (Å²) in [6.45, 7) is 0. The van der Waals surface area contributed by atoms with Crippen LogP contribution in [0.5, 0.6) is 11.8 Å². The topological polar surface area (TPSA) is 66.0 Å². The lowest BCUT2D eigenvalue weighted by atomic mass is 10.2. The number of benzene rings is 1. The van der Waals surface area contributed by atoms with Gasteiger partial charge in [-0.3, -0.25) is 4.68 Å². The first-order valence-corrected chi connectivity index (χ1v) is 5.48. The second-order valence-electron chi connectivity index (χ2n) is 3.31. The van der Waals surface area contributed by atoms with Gasteiger partial charge in [0.05, 0.1) is 5.02 Å². The smallest absolute Gasteiger partial charge is 0.340 e. The van der Waals surface area contributed by atoms with Gasteiger partial charge in [0, 0.05) is 18.7 Å². The Bertz CT molecular complexity index is 569. The highest BCUT2D eigenvalue weighted by atomic mass is 35.5. The average Bonchev–Trinajstić information content (AvgIpc) is 2.63. The molecule has 0 unspecified atom stereocenters. The van der Waals surface area contributed by atoms with E-state index < -0.39 is 0 Å². The van der Waals surface area contributed by atoms with E-state index in [0.29, 0.717) is 16.3 Å². The number of hydrogen-bond acceptors (Lipinski definition) is 4. The fourth-order valence-corrected chi connectivity index (χ4v) is 1.74. The van der Waals surface area contributed by atoms with Crippen molar-refractivity contribution in [2.75, 3.05) is 0 Å². The Balaban J connectivity index is 2.23. The molecule has 0 aliphatic rings. The van der Waals surface area contributed by atoms with Crippen molar-refractivity contribution in [3.8, 4) is 11.8 Å². The van der Waals surface area contributed by atoms with Crippen LogP contribution in [0.3, 0.4) is 0 Å². The van der Waals surface area contributed by atoms with Crippen LogP contribution in [0.25, 0.3) is 0 Å². The molecular formula is C10H9ClN4OS. The van der Waals surface area contributed by atoms with Gasteiger partial charge in [0.2, 0.25) is 0 Å². The molecule has 0 spiro atoms. The zero-order valence-corrected chi connectivity index (χ0v) is 10.5. The average molecular weight is 269 g/mol. The van der Waals surface area contributed by atoms with Crippen molar-refractivity contribution in [3.05, 3.63) is 35.1 Å². The molecule has 2 aromatic rings. The normalized spacial score (nSPS) is 10.2. The lowest BCUT2D eigenvalue weighted by Gasteiger charge is -2.05. The maximum Gasteiger partial charge on any atom is 0.340 e. The second kappa shape index (κ2) is 4.68. The molecule has 7 heteroatoms. The van der Waals surface area contributed by atoms with Crippen molar-refractivity contribution < 1.29 is 4.74 Å². The van der Waals surface area contributed by atoms with Crippen molar-refractivity contribution in [3.63, 3.8) is 0 Å². The summed E-state index contributed by atoms with van der Waals surface area (Å²) in [6.07, 6.45) is 1.54. The molecule has 1 aromatic heterocycles. The molecule has 0 atom stereocenters. The number of rotatable bonds is 3. The lowest BCUT2D eigenvalue weighted by molar-refractivity contribution is 0.439. The van der Waals surface area contributed by atoms with Crippen LogP contribution in [0, 0.1) is 0 Å². The maximum atomic E-state index is 6.00. The number of thiocarbonyl (C=S) groups is 1. The van der Waals surface area contributed by atoms with E-state index >= 15 is 0 Å². The molecule has 0 bridgehead atoms. The number of hydrogen-bond donors (Lipinski definition) is 1. The van der Waals surface area contributed by atoms with Crippen LogP contribution in [-0.2, 0) is 7.05 Å². The van der Waals surface area contributed by atoms with Crippen LogP contribution in [-0.4, -0.2) is 19.8 Å². The maximum absolute atomic E-state index is 6.00. The summed E-state index contributed by atoms with van der Waals surface area (Å²) in [4.78, 5) is 4.18. The summed E-state index contributed by atoms with van der Waals surface area (Å²) < 4.78 is 6.95. The number of aromatic nitrogens is 3. The number of ether oxygens (including phenoxy) is 1. The zero-order chi connectivity index (χ0) is 12.4. The zero-order valence-electron chi connectivity index (χ0n) is 8.92. The summed E-state index contributed by atoms with van der Waals surface area (Å²) in [5.74, 6) is 0.529. The van der Waals surface area contributed by atoms with Crippen LogP contribution < -0.4 is 10.5 Å². The van der Waals surface area contributed by atoms with E-state index in [1.807, 2.05) is 0 Å². The molecule has 1 heterocycles. The van der Waals surface area contributed by atoms with E-state index in [-0.39, 0.29) is 11.0 Å². The van der Waals surface area contributed by atoms with E-state index in [1.165, 1.54) is 0 Å². The van der Waals surface area contributed by atoms with E-state index in [0.717, 1.165) is 0 Å². The van der Waals surface area contributed by atoms with Gasteiger partial charge in [-0.25, -0.2) is 0 Å². The Morgan fingerprint density at radius 1 is 1.53 bits per heavy atom. The van der Waals surface area contributed by atoms with Crippen LogP contribution in [0.15, 0.2) is 24.5 Å². The first kappa shape index (κ1) is 11.8. The number of nitrogens with two attached hydrogens (primary N) is 1. The van der Waals surface area contributed by atoms with Gasteiger partial charge in [-0.05, 0) is 12.1 Å². The van der Waals surface area contributed by atoms with Gasteiger partial charge in [0.25, 0.3) is 0 Å². The minimum atomic E-state index is 0.248. The van der Waals surface area contributed by atoms with Gasteiger partial charge < -0.3 is 10.5 Å². The van der Waals surface area contributed by atoms with Crippen LogP contribution in [0.2, 0.25) is 5.02 Å². The van der Waals surface area contributed by atoms with Gasteiger partial charge in [-0.1, -0.05) is 23.8 Å². The predicted molar refractivity (Wildman–Crippen MR) is 68.4 cm³/mol.